The van der Waals surface area contributed by atoms with Crippen LogP contribution >= 0.6 is 0 Å². The number of likely N-dealkylation sites (tertiary alicyclic amines) is 1. The lowest BCUT2D eigenvalue weighted by Crippen LogP contribution is -2.51. The van der Waals surface area contributed by atoms with E-state index in [9.17, 15) is 14.7 Å². The van der Waals surface area contributed by atoms with Crippen molar-refractivity contribution in [2.24, 2.45) is 0 Å². The number of carbonyl (C=O) groups is 2. The van der Waals surface area contributed by atoms with Crippen LogP contribution in [-0.2, 0) is 14.3 Å². The number of carbonyl (C=O) groups excluding carboxylic acids is 2. The van der Waals surface area contributed by atoms with E-state index in [4.69, 9.17) is 4.74 Å². The van der Waals surface area contributed by atoms with Gasteiger partial charge in [0, 0.05) is 13.6 Å². The second-order valence-electron chi connectivity index (χ2n) is 4.78. The van der Waals surface area contributed by atoms with Crippen LogP contribution in [0.5, 0.6) is 0 Å². The van der Waals surface area contributed by atoms with E-state index in [1.807, 2.05) is 4.90 Å². The molecule has 1 rings (SSSR count). The lowest BCUT2D eigenvalue weighted by atomic mass is 10.0. The van der Waals surface area contributed by atoms with Crippen LogP contribution in [0.2, 0.25) is 0 Å². The maximum Gasteiger partial charge on any atom is 0.308 e. The van der Waals surface area contributed by atoms with Crippen molar-refractivity contribution in [1.29, 1.82) is 0 Å². The number of ether oxygens (including phenoxy) is 1. The highest BCUT2D eigenvalue weighted by molar-refractivity contribution is 5.81. The number of hydrogen-bond donors (Lipinski definition) is 2. The van der Waals surface area contributed by atoms with Gasteiger partial charge in [0.05, 0.1) is 25.2 Å². The third-order valence-electron chi connectivity index (χ3n) is 3.32. The van der Waals surface area contributed by atoms with Gasteiger partial charge >= 0.3 is 5.97 Å². The number of esters is 1. The van der Waals surface area contributed by atoms with Gasteiger partial charge in [-0.3, -0.25) is 14.5 Å². The van der Waals surface area contributed by atoms with Crippen molar-refractivity contribution in [3.8, 4) is 0 Å². The summed E-state index contributed by atoms with van der Waals surface area (Å²) in [5, 5.41) is 12.5. The number of hydrogen-bond acceptors (Lipinski definition) is 5. The van der Waals surface area contributed by atoms with Crippen LogP contribution in [0.25, 0.3) is 0 Å². The lowest BCUT2D eigenvalue weighted by Gasteiger charge is -2.35. The maximum atomic E-state index is 11.8. The second kappa shape index (κ2) is 8.12. The number of β-amino-alcohol motifs (C(OH)–C–C–N with tert-alkyl or cyclic N) is 1. The van der Waals surface area contributed by atoms with Gasteiger partial charge in [-0.15, -0.1) is 0 Å². The first-order valence-corrected chi connectivity index (χ1v) is 6.87. The smallest absolute Gasteiger partial charge is 0.308 e. The molecule has 0 saturated carbocycles. The quantitative estimate of drug-likeness (QED) is 0.660. The highest BCUT2D eigenvalue weighted by atomic mass is 16.5. The third kappa shape index (κ3) is 5.16. The molecule has 0 spiro atoms. The van der Waals surface area contributed by atoms with Crippen molar-refractivity contribution in [3.05, 3.63) is 0 Å². The standard InChI is InChI=1S/C13H24N2O4/c1-3-19-12(17)8-10(16)9-15-7-5-4-6-11(15)13(18)14-2/h10-11,16H,3-9H2,1-2H3,(H,14,18). The first-order valence-electron chi connectivity index (χ1n) is 6.87. The van der Waals surface area contributed by atoms with Crippen LogP contribution in [0, 0.1) is 0 Å². The molecule has 6 nitrogen and oxygen atoms in total. The van der Waals surface area contributed by atoms with E-state index in [1.54, 1.807) is 14.0 Å². The molecule has 1 amide bonds. The van der Waals surface area contributed by atoms with Crippen molar-refractivity contribution in [2.75, 3.05) is 26.7 Å². The van der Waals surface area contributed by atoms with Crippen LogP contribution in [0.15, 0.2) is 0 Å². The van der Waals surface area contributed by atoms with Gasteiger partial charge in [-0.05, 0) is 26.3 Å². The van der Waals surface area contributed by atoms with Gasteiger partial charge in [0.15, 0.2) is 0 Å². The average Bonchev–Trinajstić information content (AvgIpc) is 2.38. The molecule has 1 fully saturated rings. The minimum atomic E-state index is -0.788. The molecule has 0 aromatic carbocycles. The molecule has 0 aromatic heterocycles. The first kappa shape index (κ1) is 15.9. The number of likely N-dealkylation sites (N-methyl/N-ethyl adjacent to an activating group) is 1. The van der Waals surface area contributed by atoms with E-state index >= 15 is 0 Å². The first-order chi connectivity index (χ1) is 9.08. The molecular weight excluding hydrogens is 248 g/mol. The molecule has 0 aromatic rings. The van der Waals surface area contributed by atoms with Crippen LogP contribution in [-0.4, -0.2) is 60.8 Å². The Kier molecular flexibility index (Phi) is 6.80. The van der Waals surface area contributed by atoms with Crippen LogP contribution in [0.3, 0.4) is 0 Å². The summed E-state index contributed by atoms with van der Waals surface area (Å²) in [6, 6.07) is -0.199. The highest BCUT2D eigenvalue weighted by Crippen LogP contribution is 2.18. The molecule has 0 bridgehead atoms. The van der Waals surface area contributed by atoms with Gasteiger partial charge in [0.1, 0.15) is 0 Å². The number of aliphatic hydroxyl groups excluding tert-OH is 1. The summed E-state index contributed by atoms with van der Waals surface area (Å²) < 4.78 is 4.80. The molecule has 1 heterocycles. The van der Waals surface area contributed by atoms with Gasteiger partial charge in [-0.2, -0.15) is 0 Å². The summed E-state index contributed by atoms with van der Waals surface area (Å²) >= 11 is 0. The molecule has 2 atom stereocenters. The molecule has 6 heteroatoms. The Morgan fingerprint density at radius 3 is 2.84 bits per heavy atom. The normalized spacial score (nSPS) is 21.7. The van der Waals surface area contributed by atoms with Crippen molar-refractivity contribution in [1.82, 2.24) is 10.2 Å². The lowest BCUT2D eigenvalue weighted by molar-refractivity contribution is -0.145. The molecule has 2 N–H and O–H groups in total. The molecule has 1 aliphatic heterocycles. The zero-order valence-electron chi connectivity index (χ0n) is 11.7. The number of nitrogens with zero attached hydrogens (tertiary/aromatic N) is 1. The number of piperidine rings is 1. The molecule has 110 valence electrons. The van der Waals surface area contributed by atoms with E-state index in [-0.39, 0.29) is 18.4 Å². The van der Waals surface area contributed by atoms with Gasteiger partial charge in [-0.1, -0.05) is 6.42 Å². The topological polar surface area (TPSA) is 78.9 Å². The van der Waals surface area contributed by atoms with E-state index in [1.165, 1.54) is 0 Å². The summed E-state index contributed by atoms with van der Waals surface area (Å²) in [5.74, 6) is -0.425. The zero-order chi connectivity index (χ0) is 14.3. The summed E-state index contributed by atoms with van der Waals surface area (Å²) in [4.78, 5) is 25.0. The third-order valence-corrected chi connectivity index (χ3v) is 3.32. The SMILES string of the molecule is CCOC(=O)CC(O)CN1CCCCC1C(=O)NC. The van der Waals surface area contributed by atoms with Gasteiger partial charge in [-0.25, -0.2) is 0 Å². The van der Waals surface area contributed by atoms with Gasteiger partial charge < -0.3 is 15.2 Å². The number of rotatable bonds is 6. The predicted octanol–water partition coefficient (Wildman–Crippen LogP) is -0.0990. The van der Waals surface area contributed by atoms with Crippen molar-refractivity contribution < 1.29 is 19.4 Å². The fraction of sp³-hybridized carbons (Fsp3) is 0.846. The fourth-order valence-electron chi connectivity index (χ4n) is 2.42. The summed E-state index contributed by atoms with van der Waals surface area (Å²) in [6.45, 7) is 3.15. The summed E-state index contributed by atoms with van der Waals surface area (Å²) in [6.07, 6.45) is 2.02. The average molecular weight is 272 g/mol. The van der Waals surface area contributed by atoms with E-state index < -0.39 is 12.1 Å². The molecule has 19 heavy (non-hydrogen) atoms. The Bertz CT molecular complexity index is 309. The van der Waals surface area contributed by atoms with Crippen LogP contribution in [0.1, 0.15) is 32.6 Å². The minimum Gasteiger partial charge on any atom is -0.466 e. The number of nitrogens with one attached hydrogen (secondary N) is 1. The van der Waals surface area contributed by atoms with Crippen molar-refractivity contribution in [3.63, 3.8) is 0 Å². The molecular formula is C13H24N2O4. The monoisotopic (exact) mass is 272 g/mol. The number of aliphatic hydroxyl groups is 1. The Morgan fingerprint density at radius 1 is 1.47 bits per heavy atom. The Balaban J connectivity index is 2.47. The van der Waals surface area contributed by atoms with Crippen molar-refractivity contribution >= 4 is 11.9 Å². The van der Waals surface area contributed by atoms with Crippen molar-refractivity contribution in [2.45, 2.75) is 44.8 Å². The summed E-state index contributed by atoms with van der Waals surface area (Å²) in [7, 11) is 1.62. The molecule has 0 radical (unpaired) electrons. The van der Waals surface area contributed by atoms with Gasteiger partial charge in [0.25, 0.3) is 0 Å². The minimum absolute atomic E-state index is 0.0230. The molecule has 2 unspecified atom stereocenters. The Hall–Kier alpha value is -1.14. The largest absolute Gasteiger partial charge is 0.466 e. The highest BCUT2D eigenvalue weighted by Gasteiger charge is 2.29. The van der Waals surface area contributed by atoms with Crippen LogP contribution < -0.4 is 5.32 Å². The Labute approximate surface area is 114 Å². The number of amides is 1. The van der Waals surface area contributed by atoms with E-state index in [0.717, 1.165) is 25.8 Å². The molecule has 1 aliphatic rings. The Morgan fingerprint density at radius 2 is 2.21 bits per heavy atom. The van der Waals surface area contributed by atoms with E-state index in [2.05, 4.69) is 5.32 Å². The molecule has 0 aliphatic carbocycles. The fourth-order valence-corrected chi connectivity index (χ4v) is 2.42. The second-order valence-corrected chi connectivity index (χ2v) is 4.78. The van der Waals surface area contributed by atoms with E-state index in [0.29, 0.717) is 13.2 Å². The predicted molar refractivity (Wildman–Crippen MR) is 70.5 cm³/mol. The zero-order valence-corrected chi connectivity index (χ0v) is 11.7. The van der Waals surface area contributed by atoms with Gasteiger partial charge in [0.2, 0.25) is 5.91 Å². The molecule has 1 saturated heterocycles. The van der Waals surface area contributed by atoms with Crippen LogP contribution in [0.4, 0.5) is 0 Å². The summed E-state index contributed by atoms with van der Waals surface area (Å²) in [5.41, 5.74) is 0. The maximum absolute atomic E-state index is 11.8.